The van der Waals surface area contributed by atoms with Crippen molar-refractivity contribution in [2.24, 2.45) is 0 Å². The Bertz CT molecular complexity index is 1130. The van der Waals surface area contributed by atoms with Gasteiger partial charge in [-0.1, -0.05) is 35.3 Å². The lowest BCUT2D eigenvalue weighted by Gasteiger charge is -2.08. The second kappa shape index (κ2) is 8.77. The van der Waals surface area contributed by atoms with Gasteiger partial charge in [0.05, 0.1) is 24.1 Å². The maximum absolute atomic E-state index is 12.6. The number of esters is 1. The predicted octanol–water partition coefficient (Wildman–Crippen LogP) is 3.99. The number of benzene rings is 2. The van der Waals surface area contributed by atoms with E-state index in [1.54, 1.807) is 36.4 Å². The van der Waals surface area contributed by atoms with Gasteiger partial charge in [0.2, 0.25) is 15.0 Å². The number of sulfone groups is 1. The molecule has 0 radical (unpaired) electrons. The standard InChI is InChI=1S/C19H14Cl2N2O5S/c1-27-14-6-8-15(9-7-14)28-18(24)17-16(21)10-22-19(23-17)29(25,26)11-12-2-4-13(20)5-3-12/h2-10H,11H2,1H3. The topological polar surface area (TPSA) is 95.5 Å². The number of methoxy groups -OCH3 is 1. The molecule has 3 rings (SSSR count). The van der Waals surface area contributed by atoms with Crippen molar-refractivity contribution in [2.75, 3.05) is 7.11 Å². The summed E-state index contributed by atoms with van der Waals surface area (Å²) >= 11 is 11.8. The number of halogens is 2. The molecular formula is C19H14Cl2N2O5S. The third-order valence-corrected chi connectivity index (χ3v) is 5.73. The fourth-order valence-electron chi connectivity index (χ4n) is 2.31. The number of ether oxygens (including phenoxy) is 2. The lowest BCUT2D eigenvalue weighted by atomic mass is 10.2. The summed E-state index contributed by atoms with van der Waals surface area (Å²) in [5.41, 5.74) is 0.141. The van der Waals surface area contributed by atoms with Crippen LogP contribution in [0.4, 0.5) is 0 Å². The van der Waals surface area contributed by atoms with Crippen LogP contribution in [-0.2, 0) is 15.6 Å². The van der Waals surface area contributed by atoms with Gasteiger partial charge in [0.15, 0.2) is 5.69 Å². The van der Waals surface area contributed by atoms with Crippen molar-refractivity contribution in [3.63, 3.8) is 0 Å². The molecule has 3 aromatic rings. The molecule has 0 aliphatic carbocycles. The Morgan fingerprint density at radius 1 is 1.00 bits per heavy atom. The van der Waals surface area contributed by atoms with Crippen LogP contribution in [0.3, 0.4) is 0 Å². The van der Waals surface area contributed by atoms with Crippen LogP contribution in [-0.4, -0.2) is 31.5 Å². The van der Waals surface area contributed by atoms with Gasteiger partial charge in [-0.15, -0.1) is 0 Å². The lowest BCUT2D eigenvalue weighted by molar-refractivity contribution is 0.0727. The molecular weight excluding hydrogens is 439 g/mol. The molecule has 0 bridgehead atoms. The number of hydrogen-bond donors (Lipinski definition) is 0. The Morgan fingerprint density at radius 2 is 1.62 bits per heavy atom. The number of aromatic nitrogens is 2. The first-order valence-corrected chi connectivity index (χ1v) is 10.6. The number of carbonyl (C=O) groups is 1. The average molecular weight is 453 g/mol. The summed E-state index contributed by atoms with van der Waals surface area (Å²) < 4.78 is 35.5. The highest BCUT2D eigenvalue weighted by atomic mass is 35.5. The fraction of sp³-hybridized carbons (Fsp3) is 0.105. The number of nitrogens with zero attached hydrogens (tertiary/aromatic N) is 2. The lowest BCUT2D eigenvalue weighted by Crippen LogP contribution is -2.16. The Morgan fingerprint density at radius 3 is 2.24 bits per heavy atom. The summed E-state index contributed by atoms with van der Waals surface area (Å²) in [6.07, 6.45) is 1.05. The van der Waals surface area contributed by atoms with E-state index in [0.717, 1.165) is 6.20 Å². The second-order valence-corrected chi connectivity index (χ2v) is 8.53. The monoisotopic (exact) mass is 452 g/mol. The second-order valence-electron chi connectivity index (χ2n) is 5.80. The Labute approximate surface area is 177 Å². The van der Waals surface area contributed by atoms with Crippen LogP contribution in [0.1, 0.15) is 16.1 Å². The predicted molar refractivity (Wildman–Crippen MR) is 107 cm³/mol. The smallest absolute Gasteiger partial charge is 0.364 e. The van der Waals surface area contributed by atoms with Crippen molar-refractivity contribution < 1.29 is 22.7 Å². The average Bonchev–Trinajstić information content (AvgIpc) is 2.70. The van der Waals surface area contributed by atoms with Crippen LogP contribution in [0.25, 0.3) is 0 Å². The van der Waals surface area contributed by atoms with E-state index in [-0.39, 0.29) is 22.2 Å². The van der Waals surface area contributed by atoms with E-state index in [9.17, 15) is 13.2 Å². The molecule has 10 heteroatoms. The number of rotatable bonds is 6. The van der Waals surface area contributed by atoms with Crippen molar-refractivity contribution in [3.8, 4) is 11.5 Å². The summed E-state index contributed by atoms with van der Waals surface area (Å²) in [7, 11) is -2.42. The van der Waals surface area contributed by atoms with E-state index in [1.807, 2.05) is 0 Å². The minimum atomic E-state index is -3.93. The molecule has 0 aliphatic rings. The molecule has 29 heavy (non-hydrogen) atoms. The van der Waals surface area contributed by atoms with Crippen LogP contribution >= 0.6 is 23.2 Å². The van der Waals surface area contributed by atoms with Gasteiger partial charge in [0.25, 0.3) is 0 Å². The molecule has 0 spiro atoms. The molecule has 0 saturated heterocycles. The first-order valence-electron chi connectivity index (χ1n) is 8.14. The highest BCUT2D eigenvalue weighted by Gasteiger charge is 2.24. The van der Waals surface area contributed by atoms with E-state index in [0.29, 0.717) is 16.3 Å². The van der Waals surface area contributed by atoms with Crippen LogP contribution in [0.5, 0.6) is 11.5 Å². The molecule has 0 amide bonds. The van der Waals surface area contributed by atoms with E-state index in [1.165, 1.54) is 19.2 Å². The molecule has 0 fully saturated rings. The van der Waals surface area contributed by atoms with E-state index in [2.05, 4.69) is 9.97 Å². The largest absolute Gasteiger partial charge is 0.497 e. The molecule has 0 unspecified atom stereocenters. The van der Waals surface area contributed by atoms with Crippen molar-refractivity contribution in [1.82, 2.24) is 9.97 Å². The molecule has 0 atom stereocenters. The summed E-state index contributed by atoms with van der Waals surface area (Å²) in [5.74, 6) is -0.472. The maximum Gasteiger partial charge on any atom is 0.364 e. The highest BCUT2D eigenvalue weighted by Crippen LogP contribution is 2.22. The Balaban J connectivity index is 1.84. The molecule has 0 N–H and O–H groups in total. The minimum absolute atomic E-state index is 0.131. The zero-order valence-corrected chi connectivity index (χ0v) is 17.3. The normalized spacial score (nSPS) is 11.1. The van der Waals surface area contributed by atoms with E-state index in [4.69, 9.17) is 32.7 Å². The molecule has 0 aliphatic heterocycles. The molecule has 2 aromatic carbocycles. The minimum Gasteiger partial charge on any atom is -0.497 e. The third kappa shape index (κ3) is 5.23. The van der Waals surface area contributed by atoms with Gasteiger partial charge in [0, 0.05) is 5.02 Å². The number of carbonyl (C=O) groups excluding carboxylic acids is 1. The first kappa shape index (κ1) is 21.0. The quantitative estimate of drug-likeness (QED) is 0.317. The summed E-state index contributed by atoms with van der Waals surface area (Å²) in [6.45, 7) is 0. The van der Waals surface area contributed by atoms with Gasteiger partial charge in [-0.05, 0) is 42.0 Å². The third-order valence-electron chi connectivity index (χ3n) is 3.73. The van der Waals surface area contributed by atoms with Crippen LogP contribution in [0.15, 0.2) is 59.9 Å². The molecule has 150 valence electrons. The fourth-order valence-corrected chi connectivity index (χ4v) is 3.81. The number of hydrogen-bond acceptors (Lipinski definition) is 7. The van der Waals surface area contributed by atoms with Crippen molar-refractivity contribution in [1.29, 1.82) is 0 Å². The SMILES string of the molecule is COc1ccc(OC(=O)c2nc(S(=O)(=O)Cc3ccc(Cl)cc3)ncc2Cl)cc1. The summed E-state index contributed by atoms with van der Waals surface area (Å²) in [4.78, 5) is 20.0. The van der Waals surface area contributed by atoms with Crippen molar-refractivity contribution in [3.05, 3.63) is 76.0 Å². The van der Waals surface area contributed by atoms with Gasteiger partial charge in [0.1, 0.15) is 11.5 Å². The van der Waals surface area contributed by atoms with Crippen molar-refractivity contribution >= 4 is 39.0 Å². The van der Waals surface area contributed by atoms with E-state index >= 15 is 0 Å². The maximum atomic E-state index is 12.6. The molecule has 0 saturated carbocycles. The van der Waals surface area contributed by atoms with Gasteiger partial charge >= 0.3 is 5.97 Å². The zero-order valence-electron chi connectivity index (χ0n) is 15.0. The summed E-state index contributed by atoms with van der Waals surface area (Å²) in [6, 6.07) is 12.6. The van der Waals surface area contributed by atoms with Gasteiger partial charge < -0.3 is 9.47 Å². The van der Waals surface area contributed by atoms with E-state index < -0.39 is 21.0 Å². The molecule has 7 nitrogen and oxygen atoms in total. The van der Waals surface area contributed by atoms with Crippen LogP contribution in [0, 0.1) is 0 Å². The summed E-state index contributed by atoms with van der Waals surface area (Å²) in [5, 5.41) is -0.176. The molecule has 1 aromatic heterocycles. The Hall–Kier alpha value is -2.68. The van der Waals surface area contributed by atoms with Gasteiger partial charge in [-0.3, -0.25) is 0 Å². The Kier molecular flexibility index (Phi) is 6.36. The molecule has 1 heterocycles. The highest BCUT2D eigenvalue weighted by molar-refractivity contribution is 7.90. The van der Waals surface area contributed by atoms with Crippen LogP contribution in [0.2, 0.25) is 10.0 Å². The first-order chi connectivity index (χ1) is 13.8. The van der Waals surface area contributed by atoms with Gasteiger partial charge in [-0.25, -0.2) is 23.2 Å². The van der Waals surface area contributed by atoms with Crippen molar-refractivity contribution in [2.45, 2.75) is 10.9 Å². The van der Waals surface area contributed by atoms with Gasteiger partial charge in [-0.2, -0.15) is 0 Å². The van der Waals surface area contributed by atoms with Crippen LogP contribution < -0.4 is 9.47 Å². The zero-order chi connectivity index (χ0) is 21.0.